The Balaban J connectivity index is 1.13. The van der Waals surface area contributed by atoms with Crippen molar-refractivity contribution in [2.75, 3.05) is 0 Å². The average Bonchev–Trinajstić information content (AvgIpc) is 0.810. The predicted octanol–water partition coefficient (Wildman–Crippen LogP) is 18.6. The summed E-state index contributed by atoms with van der Waals surface area (Å²) in [6, 6.07) is 58.0. The summed E-state index contributed by atoms with van der Waals surface area (Å²) in [4.78, 5) is 74.9. The van der Waals surface area contributed by atoms with Crippen molar-refractivity contribution in [3.63, 3.8) is 0 Å². The SMILES string of the molecule is C=C(C)C(=O)Oc1ccc(-c2ccc(COP(=O)(OCc3ccc(-c4ccc(OC(=O)C(=C)C)cc4)cc3-c3ccc(OC(=O)C(=C)C)cc3)OCc3ccc(-c4ccc(OC(=O)C(=C)C)cc4)cc3-c3ccc(OC(=O)C(=C)C)cc3)c(-c3ccc(OC(=O)C(=C)C)cc3)c2)cc1. The number of ether oxygens (including phenoxy) is 6. The molecule has 0 atom stereocenters. The maximum Gasteiger partial charge on any atom is 0.475 e. The second kappa shape index (κ2) is 31.7. The van der Waals surface area contributed by atoms with Crippen molar-refractivity contribution >= 4 is 43.6 Å². The fraction of sp³-hybridized carbons (Fsp3) is 0.111. The van der Waals surface area contributed by atoms with E-state index in [9.17, 15) is 28.8 Å². The maximum absolute atomic E-state index is 16.0. The average molecular weight is 1330 g/mol. The number of benzene rings is 9. The van der Waals surface area contributed by atoms with E-state index in [4.69, 9.17) is 42.0 Å². The molecule has 17 heteroatoms. The lowest BCUT2D eigenvalue weighted by Crippen LogP contribution is -2.08. The van der Waals surface area contributed by atoms with Gasteiger partial charge in [0.05, 0.1) is 19.8 Å². The van der Waals surface area contributed by atoms with Gasteiger partial charge in [0, 0.05) is 33.4 Å². The number of phosphoric ester groups is 1. The normalized spacial score (nSPS) is 10.9. The van der Waals surface area contributed by atoms with E-state index in [1.54, 1.807) is 187 Å². The Morgan fingerprint density at radius 2 is 0.418 bits per heavy atom. The van der Waals surface area contributed by atoms with Gasteiger partial charge in [0.2, 0.25) is 0 Å². The van der Waals surface area contributed by atoms with Gasteiger partial charge in [0.1, 0.15) is 34.5 Å². The summed E-state index contributed by atoms with van der Waals surface area (Å²) in [7, 11) is -4.77. The summed E-state index contributed by atoms with van der Waals surface area (Å²) in [6.45, 7) is 30.4. The van der Waals surface area contributed by atoms with Gasteiger partial charge in [-0.1, -0.05) is 149 Å². The van der Waals surface area contributed by atoms with Crippen LogP contribution in [-0.2, 0) is 66.7 Å². The molecule has 0 aliphatic heterocycles. The standard InChI is InChI=1S/C81H69O16P/c1-49(2)76(82)92-67-31-19-55(20-32-67)61-13-16-64(73(43-61)58-25-37-70(38-26-58)95-79(85)52(7)8)46-89-98(88,90-47-65-17-14-62(56-21-33-68(34-22-56)93-77(83)50(3)4)44-74(65)59-27-39-71(40-28-59)96-80(86)53(9)10)91-48-66-18-15-63(57-23-35-69(36-24-57)94-78(84)51(5)6)45-75(66)60-29-41-72(42-30-60)97-81(87)54(11)12/h13-45H,1,3,5,7,9,11,46-48H2,2,4,6,8,10,12H3. The molecule has 0 amide bonds. The Morgan fingerprint density at radius 3 is 0.592 bits per heavy atom. The van der Waals surface area contributed by atoms with Gasteiger partial charge in [-0.15, -0.1) is 0 Å². The van der Waals surface area contributed by atoms with Crippen molar-refractivity contribution in [2.45, 2.75) is 61.4 Å². The lowest BCUT2D eigenvalue weighted by Gasteiger charge is -2.22. The Morgan fingerprint density at radius 1 is 0.255 bits per heavy atom. The number of esters is 6. The zero-order valence-electron chi connectivity index (χ0n) is 54.9. The zero-order chi connectivity index (χ0) is 70.4. The van der Waals surface area contributed by atoms with Crippen LogP contribution in [0.2, 0.25) is 0 Å². The molecule has 494 valence electrons. The minimum absolute atomic E-state index is 0.214. The highest BCUT2D eigenvalue weighted by molar-refractivity contribution is 7.48. The molecule has 9 aromatic rings. The second-order valence-corrected chi connectivity index (χ2v) is 24.7. The lowest BCUT2D eigenvalue weighted by atomic mass is 9.95. The van der Waals surface area contributed by atoms with Crippen LogP contribution in [0.25, 0.3) is 66.8 Å². The van der Waals surface area contributed by atoms with E-state index in [1.807, 2.05) is 54.6 Å². The molecule has 0 saturated carbocycles. The molecule has 0 aliphatic rings. The molecule has 0 N–H and O–H groups in total. The van der Waals surface area contributed by atoms with Crippen molar-refractivity contribution < 1.29 is 75.3 Å². The first-order valence-corrected chi connectivity index (χ1v) is 32.1. The van der Waals surface area contributed by atoms with E-state index in [0.29, 0.717) is 67.3 Å². The summed E-state index contributed by atoms with van der Waals surface area (Å²) in [5.74, 6) is -1.74. The molecular formula is C81H69O16P. The molecule has 16 nitrogen and oxygen atoms in total. The van der Waals surface area contributed by atoms with Crippen LogP contribution in [0.15, 0.2) is 273 Å². The van der Waals surface area contributed by atoms with E-state index in [1.165, 1.54) is 0 Å². The number of hydrogen-bond donors (Lipinski definition) is 0. The molecule has 0 aliphatic carbocycles. The van der Waals surface area contributed by atoms with Gasteiger partial charge < -0.3 is 28.4 Å². The van der Waals surface area contributed by atoms with Crippen LogP contribution in [0.3, 0.4) is 0 Å². The molecule has 9 aromatic carbocycles. The molecule has 0 unspecified atom stereocenters. The molecule has 98 heavy (non-hydrogen) atoms. The van der Waals surface area contributed by atoms with Crippen LogP contribution in [-0.4, -0.2) is 35.8 Å². The third-order valence-electron chi connectivity index (χ3n) is 14.9. The Hall–Kier alpha value is -11.7. The first kappa shape index (κ1) is 70.7. The van der Waals surface area contributed by atoms with Gasteiger partial charge in [-0.2, -0.15) is 0 Å². The van der Waals surface area contributed by atoms with Crippen molar-refractivity contribution in [1.82, 2.24) is 0 Å². The summed E-state index contributed by atoms with van der Waals surface area (Å²) in [5.41, 5.74) is 11.3. The zero-order valence-corrected chi connectivity index (χ0v) is 55.8. The smallest absolute Gasteiger partial charge is 0.423 e. The van der Waals surface area contributed by atoms with Crippen molar-refractivity contribution in [1.29, 1.82) is 0 Å². The molecule has 9 rings (SSSR count). The van der Waals surface area contributed by atoms with Gasteiger partial charge in [0.15, 0.2) is 0 Å². The first-order chi connectivity index (χ1) is 46.8. The number of phosphoric acid groups is 1. The van der Waals surface area contributed by atoms with E-state index < -0.39 is 43.6 Å². The highest BCUT2D eigenvalue weighted by Crippen LogP contribution is 2.53. The minimum atomic E-state index is -4.77. The summed E-state index contributed by atoms with van der Waals surface area (Å²) >= 11 is 0. The molecule has 0 bridgehead atoms. The monoisotopic (exact) mass is 1330 g/mol. The Kier molecular flexibility index (Phi) is 22.9. The second-order valence-electron chi connectivity index (χ2n) is 23.0. The Labute approximate surface area is 568 Å². The maximum atomic E-state index is 16.0. The highest BCUT2D eigenvalue weighted by atomic mass is 31.2. The van der Waals surface area contributed by atoms with Crippen molar-refractivity contribution in [2.24, 2.45) is 0 Å². The minimum Gasteiger partial charge on any atom is -0.423 e. The molecule has 0 heterocycles. The molecular weight excluding hydrogens is 1260 g/mol. The first-order valence-electron chi connectivity index (χ1n) is 30.6. The van der Waals surface area contributed by atoms with Crippen LogP contribution in [0.5, 0.6) is 34.5 Å². The van der Waals surface area contributed by atoms with Gasteiger partial charge >= 0.3 is 43.6 Å². The fourth-order valence-electron chi connectivity index (χ4n) is 9.43. The molecule has 0 radical (unpaired) electrons. The van der Waals surface area contributed by atoms with Crippen molar-refractivity contribution in [3.8, 4) is 101 Å². The highest BCUT2D eigenvalue weighted by Gasteiger charge is 2.30. The summed E-state index contributed by atoms with van der Waals surface area (Å²) in [6.07, 6.45) is 0. The van der Waals surface area contributed by atoms with E-state index in [0.717, 1.165) is 33.4 Å². The topological polar surface area (TPSA) is 203 Å². The predicted molar refractivity (Wildman–Crippen MR) is 377 cm³/mol. The van der Waals surface area contributed by atoms with Crippen LogP contribution >= 0.6 is 7.82 Å². The molecule has 0 aromatic heterocycles. The molecule has 0 fully saturated rings. The number of rotatable bonds is 27. The summed E-state index contributed by atoms with van der Waals surface area (Å²) in [5, 5.41) is 0. The number of hydrogen-bond acceptors (Lipinski definition) is 16. The van der Waals surface area contributed by atoms with Gasteiger partial charge in [-0.3, -0.25) is 13.6 Å². The van der Waals surface area contributed by atoms with Gasteiger partial charge in [-0.25, -0.2) is 33.3 Å². The van der Waals surface area contributed by atoms with Crippen LogP contribution in [0.4, 0.5) is 0 Å². The van der Waals surface area contributed by atoms with E-state index >= 15 is 4.57 Å². The molecule has 0 saturated heterocycles. The van der Waals surface area contributed by atoms with Gasteiger partial charge in [-0.05, 0) is 216 Å². The Bertz CT molecular complexity index is 4200. The van der Waals surface area contributed by atoms with Crippen molar-refractivity contribution in [3.05, 3.63) is 290 Å². The quantitative estimate of drug-likeness (QED) is 0.0203. The third-order valence-corrected chi connectivity index (χ3v) is 16.2. The summed E-state index contributed by atoms with van der Waals surface area (Å²) < 4.78 is 68.7. The molecule has 0 spiro atoms. The fourth-order valence-corrected chi connectivity index (χ4v) is 10.5. The van der Waals surface area contributed by atoms with Crippen LogP contribution in [0.1, 0.15) is 58.2 Å². The third kappa shape index (κ3) is 18.6. The van der Waals surface area contributed by atoms with E-state index in [-0.39, 0.29) is 70.5 Å². The van der Waals surface area contributed by atoms with Gasteiger partial charge in [0.25, 0.3) is 0 Å². The largest absolute Gasteiger partial charge is 0.475 e. The van der Waals surface area contributed by atoms with Crippen LogP contribution in [0, 0.1) is 0 Å². The number of carbonyl (C=O) groups is 6. The van der Waals surface area contributed by atoms with Crippen LogP contribution < -0.4 is 28.4 Å². The lowest BCUT2D eigenvalue weighted by molar-refractivity contribution is -0.130. The number of carbonyl (C=O) groups excluding carboxylic acids is 6. The van der Waals surface area contributed by atoms with E-state index in [2.05, 4.69) is 39.5 Å².